The fourth-order valence-electron chi connectivity index (χ4n) is 4.46. The van der Waals surface area contributed by atoms with Gasteiger partial charge in [-0.1, -0.05) is 6.08 Å². The van der Waals surface area contributed by atoms with E-state index < -0.39 is 0 Å². The Morgan fingerprint density at radius 3 is 2.75 bits per heavy atom. The van der Waals surface area contributed by atoms with Crippen LogP contribution in [0.2, 0.25) is 0 Å². The molecular weight excluding hydrogens is 454 g/mol. The first-order chi connectivity index (χ1) is 17.4. The average Bonchev–Trinajstić information content (AvgIpc) is 3.49. The first-order valence-electron chi connectivity index (χ1n) is 12.0. The normalized spacial score (nSPS) is 13.6. The van der Waals surface area contributed by atoms with Gasteiger partial charge in [0, 0.05) is 42.8 Å². The fourth-order valence-corrected chi connectivity index (χ4v) is 4.46. The van der Waals surface area contributed by atoms with Crippen LogP contribution in [0.15, 0.2) is 61.5 Å². The van der Waals surface area contributed by atoms with E-state index in [1.165, 1.54) is 5.57 Å². The second-order valence-electron chi connectivity index (χ2n) is 8.82. The number of aryl methyl sites for hydroxylation is 2. The molecule has 36 heavy (non-hydrogen) atoms. The highest BCUT2D eigenvalue weighted by molar-refractivity contribution is 5.78. The van der Waals surface area contributed by atoms with Crippen LogP contribution < -0.4 is 10.1 Å². The van der Waals surface area contributed by atoms with Crippen LogP contribution in [0.5, 0.6) is 5.75 Å². The number of nitrogens with zero attached hydrogens (tertiary/aromatic N) is 6. The maximum Gasteiger partial charge on any atom is 0.247 e. The quantitative estimate of drug-likeness (QED) is 0.356. The molecule has 4 aromatic rings. The van der Waals surface area contributed by atoms with Crippen molar-refractivity contribution in [3.05, 3.63) is 78.3 Å². The van der Waals surface area contributed by atoms with Crippen molar-refractivity contribution in [2.24, 2.45) is 0 Å². The molecular formula is C27H31N7O2. The smallest absolute Gasteiger partial charge is 0.247 e. The van der Waals surface area contributed by atoms with Crippen molar-refractivity contribution in [3.63, 3.8) is 0 Å². The average molecular weight is 486 g/mol. The lowest BCUT2D eigenvalue weighted by Gasteiger charge is -2.29. The number of imidazole rings is 1. The molecule has 0 saturated heterocycles. The summed E-state index contributed by atoms with van der Waals surface area (Å²) >= 11 is 0. The van der Waals surface area contributed by atoms with Crippen molar-refractivity contribution in [2.45, 2.75) is 27.2 Å². The Bertz CT molecular complexity index is 1450. The minimum absolute atomic E-state index is 0.526. The number of fused-ring (bicyclic) bond motifs is 1. The van der Waals surface area contributed by atoms with Crippen LogP contribution in [-0.4, -0.2) is 55.9 Å². The van der Waals surface area contributed by atoms with Crippen molar-refractivity contribution in [2.75, 3.05) is 32.1 Å². The Balaban J connectivity index is 1.42. The minimum atomic E-state index is 0.526. The van der Waals surface area contributed by atoms with Gasteiger partial charge in [-0.25, -0.2) is 9.50 Å². The van der Waals surface area contributed by atoms with E-state index in [1.54, 1.807) is 13.4 Å². The van der Waals surface area contributed by atoms with E-state index in [4.69, 9.17) is 19.6 Å². The first kappa shape index (κ1) is 23.5. The molecule has 0 aliphatic carbocycles. The van der Waals surface area contributed by atoms with Gasteiger partial charge in [-0.3, -0.25) is 0 Å². The maximum atomic E-state index is 5.64. The third kappa shape index (κ3) is 4.64. The van der Waals surface area contributed by atoms with Crippen molar-refractivity contribution in [1.29, 1.82) is 0 Å². The second kappa shape index (κ2) is 9.77. The van der Waals surface area contributed by atoms with E-state index in [1.807, 2.05) is 53.5 Å². The molecule has 9 nitrogen and oxygen atoms in total. The van der Waals surface area contributed by atoms with Crippen LogP contribution in [0.1, 0.15) is 30.2 Å². The molecule has 5 rings (SSSR count). The Hall–Kier alpha value is -4.27. The fraction of sp³-hybridized carbons (Fsp3) is 0.296. The zero-order valence-corrected chi connectivity index (χ0v) is 21.2. The number of hydrogen-bond acceptors (Lipinski definition) is 7. The van der Waals surface area contributed by atoms with E-state index in [0.717, 1.165) is 65.0 Å². The molecule has 0 fully saturated rings. The predicted octanol–water partition coefficient (Wildman–Crippen LogP) is 4.88. The number of pyridine rings is 1. The summed E-state index contributed by atoms with van der Waals surface area (Å²) < 4.78 is 15.0. The molecule has 0 bridgehead atoms. The van der Waals surface area contributed by atoms with Gasteiger partial charge in [0.1, 0.15) is 5.75 Å². The second-order valence-corrected chi connectivity index (χ2v) is 8.82. The lowest BCUT2D eigenvalue weighted by molar-refractivity contribution is 0.130. The summed E-state index contributed by atoms with van der Waals surface area (Å²) in [4.78, 5) is 11.3. The van der Waals surface area contributed by atoms with Crippen LogP contribution in [0, 0.1) is 13.8 Å². The predicted molar refractivity (Wildman–Crippen MR) is 141 cm³/mol. The van der Waals surface area contributed by atoms with Crippen molar-refractivity contribution in [1.82, 2.24) is 29.0 Å². The van der Waals surface area contributed by atoms with Crippen LogP contribution in [0.25, 0.3) is 16.9 Å². The van der Waals surface area contributed by atoms with Crippen LogP contribution >= 0.6 is 0 Å². The summed E-state index contributed by atoms with van der Waals surface area (Å²) in [5.74, 6) is 1.97. The van der Waals surface area contributed by atoms with Crippen molar-refractivity contribution in [3.8, 4) is 11.4 Å². The topological polar surface area (TPSA) is 81.7 Å². The van der Waals surface area contributed by atoms with Crippen LogP contribution in [-0.2, 0) is 4.74 Å². The maximum absolute atomic E-state index is 5.64. The molecule has 1 aliphatic heterocycles. The van der Waals surface area contributed by atoms with E-state index >= 15 is 0 Å². The van der Waals surface area contributed by atoms with Gasteiger partial charge in [0.25, 0.3) is 0 Å². The molecule has 3 aromatic heterocycles. The van der Waals surface area contributed by atoms with Gasteiger partial charge >= 0.3 is 0 Å². The molecule has 0 spiro atoms. The van der Waals surface area contributed by atoms with E-state index in [0.29, 0.717) is 12.6 Å². The third-order valence-electron chi connectivity index (χ3n) is 6.21. The summed E-state index contributed by atoms with van der Waals surface area (Å²) in [5, 5.41) is 8.03. The van der Waals surface area contributed by atoms with Gasteiger partial charge in [-0.2, -0.15) is 4.98 Å². The van der Waals surface area contributed by atoms with Gasteiger partial charge in [0.2, 0.25) is 5.95 Å². The number of rotatable bonds is 8. The van der Waals surface area contributed by atoms with Crippen LogP contribution in [0.4, 0.5) is 11.6 Å². The molecule has 4 heterocycles. The lowest BCUT2D eigenvalue weighted by Crippen LogP contribution is -2.28. The summed E-state index contributed by atoms with van der Waals surface area (Å²) in [7, 11) is 1.66. The zero-order valence-electron chi connectivity index (χ0n) is 21.2. The number of ether oxygens (including phenoxy) is 2. The Kier molecular flexibility index (Phi) is 6.37. The largest absolute Gasteiger partial charge is 0.494 e. The van der Waals surface area contributed by atoms with Crippen LogP contribution in [0.3, 0.4) is 0 Å². The highest BCUT2D eigenvalue weighted by atomic mass is 16.5. The Morgan fingerprint density at radius 1 is 1.19 bits per heavy atom. The number of hydrogen-bond donors (Lipinski definition) is 1. The lowest BCUT2D eigenvalue weighted by atomic mass is 9.99. The number of aromatic nitrogens is 5. The SMILES string of the molecule is C=C(OCC)N1CC=C(c2cc(C)cn3nc(Nc4ccc(-n5cnc(C)c5)c(OC)c4)nc23)CC1. The molecule has 0 radical (unpaired) electrons. The Labute approximate surface area is 210 Å². The standard InChI is InChI=1S/C27H31N7O2/c1-6-36-20(4)32-11-9-21(10-12-32)23-13-18(2)15-34-26(23)30-27(31-34)29-22-7-8-24(25(14-22)35-5)33-16-19(3)28-17-33/h7-9,13-17H,4,6,10-12H2,1-3,5H3,(H,29,31). The number of anilines is 2. The van der Waals surface area contributed by atoms with Gasteiger partial charge in [-0.15, -0.1) is 5.10 Å². The van der Waals surface area contributed by atoms with Gasteiger partial charge in [-0.05, 0) is 63.1 Å². The summed E-state index contributed by atoms with van der Waals surface area (Å²) in [6, 6.07) is 8.08. The highest BCUT2D eigenvalue weighted by Crippen LogP contribution is 2.30. The Morgan fingerprint density at radius 2 is 2.06 bits per heavy atom. The van der Waals surface area contributed by atoms with Gasteiger partial charge < -0.3 is 24.3 Å². The van der Waals surface area contributed by atoms with E-state index in [2.05, 4.69) is 40.8 Å². The van der Waals surface area contributed by atoms with Crippen molar-refractivity contribution >= 4 is 22.9 Å². The van der Waals surface area contributed by atoms with Gasteiger partial charge in [0.05, 0.1) is 31.4 Å². The summed E-state index contributed by atoms with van der Waals surface area (Å²) in [5.41, 5.74) is 6.99. The zero-order chi connectivity index (χ0) is 25.2. The molecule has 1 N–H and O–H groups in total. The van der Waals surface area contributed by atoms with E-state index in [-0.39, 0.29) is 0 Å². The monoisotopic (exact) mass is 485 g/mol. The molecule has 9 heteroatoms. The van der Waals surface area contributed by atoms with Gasteiger partial charge in [0.15, 0.2) is 11.5 Å². The number of nitrogens with one attached hydrogen (secondary N) is 1. The number of benzene rings is 1. The molecule has 1 aliphatic rings. The highest BCUT2D eigenvalue weighted by Gasteiger charge is 2.19. The molecule has 0 atom stereocenters. The van der Waals surface area contributed by atoms with Crippen molar-refractivity contribution < 1.29 is 9.47 Å². The summed E-state index contributed by atoms with van der Waals surface area (Å²) in [6.45, 7) is 12.3. The molecule has 0 saturated carbocycles. The van der Waals surface area contributed by atoms with E-state index in [9.17, 15) is 0 Å². The molecule has 0 unspecified atom stereocenters. The first-order valence-corrected chi connectivity index (χ1v) is 12.0. The molecule has 1 aromatic carbocycles. The summed E-state index contributed by atoms with van der Waals surface area (Å²) in [6.07, 6.45) is 8.84. The molecule has 186 valence electrons. The third-order valence-corrected chi connectivity index (χ3v) is 6.21. The minimum Gasteiger partial charge on any atom is -0.494 e. The number of methoxy groups -OCH3 is 1. The molecule has 0 amide bonds.